The maximum atomic E-state index is 12.1. The molecule has 2 amide bonds. The monoisotopic (exact) mass is 262 g/mol. The lowest BCUT2D eigenvalue weighted by Crippen LogP contribution is -2.21. The predicted octanol–water partition coefficient (Wildman–Crippen LogP) is -0.0123. The van der Waals surface area contributed by atoms with Gasteiger partial charge in [-0.1, -0.05) is 0 Å². The minimum absolute atomic E-state index is 0.149. The Morgan fingerprint density at radius 3 is 2.79 bits per heavy atom. The Bertz CT molecular complexity index is 627. The number of nitrogens with zero attached hydrogens (tertiary/aromatic N) is 4. The van der Waals surface area contributed by atoms with Crippen LogP contribution in [0.1, 0.15) is 27.9 Å². The van der Waals surface area contributed by atoms with Crippen LogP contribution in [0.2, 0.25) is 0 Å². The van der Waals surface area contributed by atoms with E-state index in [0.717, 1.165) is 0 Å². The number of carbonyl (C=O) groups is 2. The van der Waals surface area contributed by atoms with E-state index in [-0.39, 0.29) is 17.3 Å². The first-order chi connectivity index (χ1) is 9.04. The fourth-order valence-corrected chi connectivity index (χ4v) is 1.79. The van der Waals surface area contributed by atoms with E-state index >= 15 is 0 Å². The van der Waals surface area contributed by atoms with Crippen LogP contribution in [0.15, 0.2) is 18.5 Å². The summed E-state index contributed by atoms with van der Waals surface area (Å²) in [5.41, 5.74) is 6.08. The SMILES string of the molecule is CCn1nccc1C(=O)Nc1cnn(C)c1C(N)=O. The van der Waals surface area contributed by atoms with Gasteiger partial charge in [-0.15, -0.1) is 0 Å². The summed E-state index contributed by atoms with van der Waals surface area (Å²) in [5, 5.41) is 10.5. The first kappa shape index (κ1) is 12.8. The number of anilines is 1. The van der Waals surface area contributed by atoms with E-state index < -0.39 is 5.91 Å². The molecule has 8 nitrogen and oxygen atoms in total. The molecule has 0 fully saturated rings. The van der Waals surface area contributed by atoms with Crippen LogP contribution in [0.3, 0.4) is 0 Å². The van der Waals surface area contributed by atoms with E-state index in [0.29, 0.717) is 12.2 Å². The van der Waals surface area contributed by atoms with Gasteiger partial charge in [0.2, 0.25) is 0 Å². The fourth-order valence-electron chi connectivity index (χ4n) is 1.79. The third kappa shape index (κ3) is 2.32. The van der Waals surface area contributed by atoms with Gasteiger partial charge in [0, 0.05) is 19.8 Å². The van der Waals surface area contributed by atoms with Crippen molar-refractivity contribution in [3.8, 4) is 0 Å². The van der Waals surface area contributed by atoms with Crippen molar-refractivity contribution in [1.29, 1.82) is 0 Å². The number of nitrogens with two attached hydrogens (primary N) is 1. The van der Waals surface area contributed by atoms with Crippen LogP contribution in [-0.4, -0.2) is 31.4 Å². The highest BCUT2D eigenvalue weighted by atomic mass is 16.2. The highest BCUT2D eigenvalue weighted by Gasteiger charge is 2.18. The standard InChI is InChI=1S/C11H14N6O2/c1-3-17-8(4-5-13-17)11(19)15-7-6-14-16(2)9(7)10(12)18/h4-6H,3H2,1-2H3,(H2,12,18)(H,15,19). The van der Waals surface area contributed by atoms with E-state index in [1.807, 2.05) is 6.92 Å². The quantitative estimate of drug-likeness (QED) is 0.807. The molecule has 0 radical (unpaired) electrons. The molecule has 2 heterocycles. The first-order valence-corrected chi connectivity index (χ1v) is 5.69. The largest absolute Gasteiger partial charge is 0.364 e. The summed E-state index contributed by atoms with van der Waals surface area (Å²) in [5.74, 6) is -1.02. The molecule has 0 atom stereocenters. The molecule has 3 N–H and O–H groups in total. The minimum Gasteiger partial charge on any atom is -0.364 e. The molecule has 0 saturated heterocycles. The van der Waals surface area contributed by atoms with Crippen molar-refractivity contribution in [3.63, 3.8) is 0 Å². The van der Waals surface area contributed by atoms with Gasteiger partial charge in [-0.3, -0.25) is 19.0 Å². The molecule has 0 spiro atoms. The van der Waals surface area contributed by atoms with Crippen LogP contribution in [-0.2, 0) is 13.6 Å². The molecule has 0 unspecified atom stereocenters. The van der Waals surface area contributed by atoms with E-state index in [9.17, 15) is 9.59 Å². The van der Waals surface area contributed by atoms with Crippen molar-refractivity contribution in [1.82, 2.24) is 19.6 Å². The normalized spacial score (nSPS) is 10.4. The smallest absolute Gasteiger partial charge is 0.274 e. The summed E-state index contributed by atoms with van der Waals surface area (Å²) in [6.07, 6.45) is 2.92. The van der Waals surface area contributed by atoms with Gasteiger partial charge in [-0.2, -0.15) is 10.2 Å². The second-order valence-corrected chi connectivity index (χ2v) is 3.88. The van der Waals surface area contributed by atoms with Gasteiger partial charge in [-0.25, -0.2) is 0 Å². The van der Waals surface area contributed by atoms with Crippen molar-refractivity contribution >= 4 is 17.5 Å². The zero-order valence-corrected chi connectivity index (χ0v) is 10.6. The van der Waals surface area contributed by atoms with Gasteiger partial charge in [0.25, 0.3) is 11.8 Å². The van der Waals surface area contributed by atoms with E-state index in [2.05, 4.69) is 15.5 Å². The summed E-state index contributed by atoms with van der Waals surface area (Å²) < 4.78 is 2.87. The van der Waals surface area contributed by atoms with Crippen LogP contribution >= 0.6 is 0 Å². The number of nitrogens with one attached hydrogen (secondary N) is 1. The zero-order chi connectivity index (χ0) is 14.0. The molecule has 0 aliphatic rings. The second-order valence-electron chi connectivity index (χ2n) is 3.88. The van der Waals surface area contributed by atoms with Crippen LogP contribution in [0.4, 0.5) is 5.69 Å². The number of amides is 2. The van der Waals surface area contributed by atoms with Crippen molar-refractivity contribution < 1.29 is 9.59 Å². The van der Waals surface area contributed by atoms with Crippen LogP contribution in [0, 0.1) is 0 Å². The summed E-state index contributed by atoms with van der Waals surface area (Å²) in [7, 11) is 1.58. The summed E-state index contributed by atoms with van der Waals surface area (Å²) >= 11 is 0. The minimum atomic E-state index is -0.653. The Labute approximate surface area is 109 Å². The lowest BCUT2D eigenvalue weighted by atomic mass is 10.3. The van der Waals surface area contributed by atoms with Gasteiger partial charge >= 0.3 is 0 Å². The number of aryl methyl sites for hydroxylation is 2. The number of rotatable bonds is 4. The second kappa shape index (κ2) is 4.92. The molecule has 0 aliphatic carbocycles. The zero-order valence-electron chi connectivity index (χ0n) is 10.6. The lowest BCUT2D eigenvalue weighted by molar-refractivity contribution is 0.0992. The van der Waals surface area contributed by atoms with Crippen LogP contribution < -0.4 is 11.1 Å². The maximum Gasteiger partial charge on any atom is 0.274 e. The third-order valence-corrected chi connectivity index (χ3v) is 2.67. The predicted molar refractivity (Wildman–Crippen MR) is 67.6 cm³/mol. The molecule has 0 saturated carbocycles. The molecular weight excluding hydrogens is 248 g/mol. The summed E-state index contributed by atoms with van der Waals surface area (Å²) in [6.45, 7) is 2.45. The molecule has 8 heteroatoms. The Balaban J connectivity index is 2.27. The van der Waals surface area contributed by atoms with Crippen molar-refractivity contribution in [2.45, 2.75) is 13.5 Å². The highest BCUT2D eigenvalue weighted by Crippen LogP contribution is 2.14. The molecular formula is C11H14N6O2. The fraction of sp³-hybridized carbons (Fsp3) is 0.273. The lowest BCUT2D eigenvalue weighted by Gasteiger charge is -2.06. The average Bonchev–Trinajstić information content (AvgIpc) is 2.95. The van der Waals surface area contributed by atoms with Crippen LogP contribution in [0.5, 0.6) is 0 Å². The molecule has 0 bridgehead atoms. The molecule has 2 aromatic rings. The number of primary amides is 1. The average molecular weight is 262 g/mol. The van der Waals surface area contributed by atoms with E-state index in [4.69, 9.17) is 5.73 Å². The van der Waals surface area contributed by atoms with Gasteiger partial charge in [-0.05, 0) is 13.0 Å². The summed E-state index contributed by atoms with van der Waals surface area (Å²) in [4.78, 5) is 23.4. The van der Waals surface area contributed by atoms with Gasteiger partial charge in [0.1, 0.15) is 11.4 Å². The maximum absolute atomic E-state index is 12.1. The van der Waals surface area contributed by atoms with E-state index in [1.165, 1.54) is 17.1 Å². The van der Waals surface area contributed by atoms with Crippen molar-refractivity contribution in [2.75, 3.05) is 5.32 Å². The number of carbonyl (C=O) groups excluding carboxylic acids is 2. The molecule has 0 aliphatic heterocycles. The highest BCUT2D eigenvalue weighted by molar-refractivity contribution is 6.07. The number of aromatic nitrogens is 4. The number of hydrogen-bond acceptors (Lipinski definition) is 4. The number of hydrogen-bond donors (Lipinski definition) is 2. The Morgan fingerprint density at radius 1 is 1.42 bits per heavy atom. The van der Waals surface area contributed by atoms with Crippen LogP contribution in [0.25, 0.3) is 0 Å². The summed E-state index contributed by atoms with van der Waals surface area (Å²) in [6, 6.07) is 1.60. The topological polar surface area (TPSA) is 108 Å². The first-order valence-electron chi connectivity index (χ1n) is 5.69. The van der Waals surface area contributed by atoms with Gasteiger partial charge < -0.3 is 11.1 Å². The third-order valence-electron chi connectivity index (χ3n) is 2.67. The van der Waals surface area contributed by atoms with Gasteiger partial charge in [0.05, 0.1) is 11.9 Å². The molecule has 2 aromatic heterocycles. The molecule has 0 aromatic carbocycles. The van der Waals surface area contributed by atoms with Crippen molar-refractivity contribution in [3.05, 3.63) is 29.8 Å². The van der Waals surface area contributed by atoms with Gasteiger partial charge in [0.15, 0.2) is 0 Å². The molecule has 2 rings (SSSR count). The Hall–Kier alpha value is -2.64. The van der Waals surface area contributed by atoms with E-state index in [1.54, 1.807) is 17.8 Å². The Kier molecular flexibility index (Phi) is 3.32. The molecule has 100 valence electrons. The molecule has 19 heavy (non-hydrogen) atoms. The Morgan fingerprint density at radius 2 is 2.16 bits per heavy atom. The van der Waals surface area contributed by atoms with Crippen molar-refractivity contribution in [2.24, 2.45) is 12.8 Å².